The number of ketones is 1. The van der Waals surface area contributed by atoms with Crippen LogP contribution in [0.2, 0.25) is 0 Å². The highest BCUT2D eigenvalue weighted by Gasteiger charge is 2.51. The van der Waals surface area contributed by atoms with Crippen molar-refractivity contribution in [2.45, 2.75) is 185 Å². The van der Waals surface area contributed by atoms with Crippen LogP contribution in [-0.2, 0) is 80.6 Å². The van der Waals surface area contributed by atoms with E-state index in [1.54, 1.807) is 13.8 Å². The van der Waals surface area contributed by atoms with Crippen molar-refractivity contribution in [2.24, 2.45) is 35.5 Å². The maximum absolute atomic E-state index is 13.1. The van der Waals surface area contributed by atoms with E-state index in [9.17, 15) is 53.0 Å². The second kappa shape index (κ2) is 30.6. The van der Waals surface area contributed by atoms with Crippen LogP contribution in [0.4, 0.5) is 0 Å². The van der Waals surface area contributed by atoms with Gasteiger partial charge in [-0.05, 0) is 116 Å². The van der Waals surface area contributed by atoms with Crippen molar-refractivity contribution in [3.05, 3.63) is 35.9 Å². The molecule has 2 amide bonds. The number of aliphatic hydroxyl groups is 2. The number of rotatable bonds is 11. The van der Waals surface area contributed by atoms with E-state index in [2.05, 4.69) is 20.5 Å². The Morgan fingerprint density at radius 2 is 1.39 bits per heavy atom. The van der Waals surface area contributed by atoms with Crippen molar-refractivity contribution in [3.63, 3.8) is 0 Å². The summed E-state index contributed by atoms with van der Waals surface area (Å²) in [7, 11) is -10.8. The summed E-state index contributed by atoms with van der Waals surface area (Å²) >= 11 is 0. The molecule has 6 aliphatic rings. The number of carbonyl (C=O) groups excluding carboxylic acids is 3. The fraction of sp³-hybridized carbons (Fsp3) is 0.827. The Kier molecular flexibility index (Phi) is 25.6. The highest BCUT2D eigenvalue weighted by atomic mass is 31.2. The number of phosphoric acid groups is 3. The molecule has 6 heterocycles. The van der Waals surface area contributed by atoms with E-state index >= 15 is 0 Å². The van der Waals surface area contributed by atoms with Gasteiger partial charge in [0.15, 0.2) is 0 Å². The molecule has 27 heteroatoms. The molecule has 452 valence electrons. The van der Waals surface area contributed by atoms with Crippen LogP contribution in [0.5, 0.6) is 0 Å². The first-order valence-electron chi connectivity index (χ1n) is 28.0. The Morgan fingerprint density at radius 3 is 2.03 bits per heavy atom. The van der Waals surface area contributed by atoms with Crippen molar-refractivity contribution in [1.29, 1.82) is 0 Å². The number of carbonyl (C=O) groups is 3. The SMILES string of the molecule is CC[C@H]1O[C@@H](C)[C@H]2CCC(CNC)CNC(=O)CC[C@H]3C(O)[C@@H](COP(=O)(O)OC12)O[C@H]3Cc1ccccc1.COP(=O)(O)OC1[C@H]2COP(=O)(O)OC3[C@@H](CO)O[C@@H](C)[C@H]3CCCNC(=O)CC(CC(C)=O)CC[C@@H]1[C@H](C)O2. The molecule has 0 aliphatic carbocycles. The van der Waals surface area contributed by atoms with Gasteiger partial charge in [0.25, 0.3) is 0 Å². The predicted molar refractivity (Wildman–Crippen MR) is 286 cm³/mol. The lowest BCUT2D eigenvalue weighted by molar-refractivity contribution is -0.123. The fourth-order valence-corrected chi connectivity index (χ4v) is 14.9. The summed E-state index contributed by atoms with van der Waals surface area (Å²) in [6.45, 7) is 9.24. The van der Waals surface area contributed by atoms with Gasteiger partial charge in [-0.3, -0.25) is 36.7 Å². The molecular weight excluding hydrogens is 1100 g/mol. The first kappa shape index (κ1) is 66.0. The van der Waals surface area contributed by atoms with Crippen molar-refractivity contribution in [2.75, 3.05) is 53.6 Å². The smallest absolute Gasteiger partial charge is 0.394 e. The molecule has 0 spiro atoms. The number of hydrogen-bond acceptors (Lipinski definition) is 19. The topological polar surface area (TPSA) is 332 Å². The number of nitrogens with one attached hydrogen (secondary N) is 3. The van der Waals surface area contributed by atoms with Crippen LogP contribution in [0.25, 0.3) is 0 Å². The van der Waals surface area contributed by atoms with Crippen molar-refractivity contribution in [1.82, 2.24) is 16.0 Å². The number of aliphatic hydroxyl groups excluding tert-OH is 2. The number of fused-ring (bicyclic) bond motifs is 6. The quantitative estimate of drug-likeness (QED) is 0.136. The highest BCUT2D eigenvalue weighted by molar-refractivity contribution is 7.48. The molecule has 21 atom stereocenters. The summed E-state index contributed by atoms with van der Waals surface area (Å²) in [5, 5.41) is 30.1. The summed E-state index contributed by atoms with van der Waals surface area (Å²) in [5.41, 5.74) is 1.05. The molecule has 4 bridgehead atoms. The molecule has 1 aromatic carbocycles. The van der Waals surface area contributed by atoms with Crippen LogP contribution in [0.1, 0.15) is 111 Å². The van der Waals surface area contributed by atoms with E-state index in [-0.39, 0.29) is 91.4 Å². The fourth-order valence-electron chi connectivity index (χ4n) is 12.2. The molecule has 6 saturated heterocycles. The van der Waals surface area contributed by atoms with Gasteiger partial charge in [-0.25, -0.2) is 13.7 Å². The maximum atomic E-state index is 13.1. The van der Waals surface area contributed by atoms with Gasteiger partial charge in [0.2, 0.25) is 11.8 Å². The van der Waals surface area contributed by atoms with Crippen LogP contribution >= 0.6 is 23.5 Å². The number of ether oxygens (including phenoxy) is 4. The van der Waals surface area contributed by atoms with Gasteiger partial charge in [-0.15, -0.1) is 0 Å². The molecule has 1 aromatic rings. The van der Waals surface area contributed by atoms with Gasteiger partial charge in [-0.2, -0.15) is 0 Å². The third-order valence-electron chi connectivity index (χ3n) is 16.3. The van der Waals surface area contributed by atoms with E-state index < -0.39 is 97.5 Å². The molecule has 8 N–H and O–H groups in total. The molecule has 0 aromatic heterocycles. The Bertz CT molecular complexity index is 2240. The zero-order valence-electron chi connectivity index (χ0n) is 46.6. The number of Topliss-reactive ketones (excluding diaryl/α,β-unsaturated/α-hetero) is 1. The summed E-state index contributed by atoms with van der Waals surface area (Å²) in [4.78, 5) is 68.9. The average molecular weight is 1180 g/mol. The van der Waals surface area contributed by atoms with Gasteiger partial charge in [0, 0.05) is 63.1 Å². The minimum Gasteiger partial charge on any atom is -0.394 e. The second-order valence-corrected chi connectivity index (χ2v) is 26.4. The summed E-state index contributed by atoms with van der Waals surface area (Å²) < 4.78 is 94.5. The van der Waals surface area contributed by atoms with E-state index in [0.717, 1.165) is 32.1 Å². The summed E-state index contributed by atoms with van der Waals surface area (Å²) in [5.74, 6) is -1.70. The molecule has 9 unspecified atom stereocenters. The Morgan fingerprint density at radius 1 is 0.785 bits per heavy atom. The molecule has 6 aliphatic heterocycles. The van der Waals surface area contributed by atoms with Crippen molar-refractivity contribution in [3.8, 4) is 0 Å². The number of amides is 2. The predicted octanol–water partition coefficient (Wildman–Crippen LogP) is 4.91. The molecular formula is C52H88N3O21P3. The first-order valence-corrected chi connectivity index (χ1v) is 32.4. The lowest BCUT2D eigenvalue weighted by atomic mass is 9.85. The average Bonchev–Trinajstić information content (AvgIpc) is 4.14. The van der Waals surface area contributed by atoms with Gasteiger partial charge < -0.3 is 64.6 Å². The molecule has 79 heavy (non-hydrogen) atoms. The minimum absolute atomic E-state index is 0.0598. The largest absolute Gasteiger partial charge is 0.472 e. The standard InChI is InChI=1S/C28H45N2O8P.C24H43NO13P2/c1-4-23-28-21(18(2)36-23)11-10-20(15-29-3)16-30-26(31)13-12-22-24(14-19-8-6-5-7-9-19)37-25(27(22)32)17-35-39(33,34)38-28;1-14(27)10-17-7-8-19-16(3)36-21(24(19)37-39(29,30)33-4)13-34-40(31,32)38-23-18(15(2)35-20(23)12-26)6-5-9-25-22(28)11-17/h5-9,18,20-25,27-29,32H,4,10-17H2,1-3H3,(H,30,31)(H,33,34);15-21,23-24,26H,5-13H2,1-4H3,(H,25,28)(H,29,30)(H,31,32)/t18-,20?,21+,22+,23+,24-,25+,27?,28?;15-,16-,17?,18+,19+,20+,21+,23?,24?/m00/s1. The Balaban J connectivity index is 0.000000255. The molecule has 0 saturated carbocycles. The Labute approximate surface area is 464 Å². The van der Waals surface area contributed by atoms with Crippen LogP contribution in [0.3, 0.4) is 0 Å². The van der Waals surface area contributed by atoms with E-state index in [1.807, 2.05) is 51.2 Å². The highest BCUT2D eigenvalue weighted by Crippen LogP contribution is 2.53. The number of phosphoric ester groups is 3. The van der Waals surface area contributed by atoms with Crippen LogP contribution < -0.4 is 16.0 Å². The second-order valence-electron chi connectivity index (χ2n) is 22.1. The molecule has 6 fully saturated rings. The van der Waals surface area contributed by atoms with Crippen LogP contribution in [0, 0.1) is 35.5 Å². The zero-order chi connectivity index (χ0) is 57.7. The van der Waals surface area contributed by atoms with Gasteiger partial charge in [0.1, 0.15) is 42.4 Å². The van der Waals surface area contributed by atoms with Crippen molar-refractivity contribution >= 4 is 41.1 Å². The maximum Gasteiger partial charge on any atom is 0.472 e. The molecule has 7 rings (SSSR count). The van der Waals surface area contributed by atoms with Crippen LogP contribution in [-0.4, -0.2) is 169 Å². The van der Waals surface area contributed by atoms with Gasteiger partial charge >= 0.3 is 23.5 Å². The summed E-state index contributed by atoms with van der Waals surface area (Å²) in [6, 6.07) is 9.80. The van der Waals surface area contributed by atoms with E-state index in [4.69, 9.17) is 41.6 Å². The lowest BCUT2D eigenvalue weighted by Crippen LogP contribution is -2.36. The van der Waals surface area contributed by atoms with Crippen molar-refractivity contribution < 1.29 is 99.1 Å². The monoisotopic (exact) mass is 1180 g/mol. The zero-order valence-corrected chi connectivity index (χ0v) is 49.3. The first-order chi connectivity index (χ1) is 37.4. The normalized spacial score (nSPS) is 41.2. The third kappa shape index (κ3) is 19.5. The van der Waals surface area contributed by atoms with E-state index in [1.165, 1.54) is 6.92 Å². The van der Waals surface area contributed by atoms with Crippen LogP contribution in [0.15, 0.2) is 30.3 Å². The van der Waals surface area contributed by atoms with Gasteiger partial charge in [-0.1, -0.05) is 37.3 Å². The minimum atomic E-state index is -4.71. The van der Waals surface area contributed by atoms with E-state index in [0.29, 0.717) is 58.0 Å². The molecule has 24 nitrogen and oxygen atoms in total. The Hall–Kier alpha value is -2.12. The molecule has 0 radical (unpaired) electrons. The van der Waals surface area contributed by atoms with Gasteiger partial charge in [0.05, 0.1) is 56.4 Å². The lowest BCUT2D eigenvalue weighted by Gasteiger charge is -2.28. The number of benzene rings is 1. The third-order valence-corrected chi connectivity index (χ3v) is 19.3. The summed E-state index contributed by atoms with van der Waals surface area (Å²) in [6.07, 6.45) is -2.51. The number of hydrogen-bond donors (Lipinski definition) is 8.